The van der Waals surface area contributed by atoms with Gasteiger partial charge in [0.25, 0.3) is 0 Å². The smallest absolute Gasteiger partial charge is 0.0997 e. The first-order chi connectivity index (χ1) is 6.10. The molecule has 0 bridgehead atoms. The summed E-state index contributed by atoms with van der Waals surface area (Å²) in [6.45, 7) is 7.57. The van der Waals surface area contributed by atoms with Gasteiger partial charge in [0.15, 0.2) is 0 Å². The fraction of sp³-hybridized carbons (Fsp3) is 0.700. The predicted octanol–water partition coefficient (Wildman–Crippen LogP) is 2.20. The second-order valence-electron chi connectivity index (χ2n) is 3.91. The number of thiazole rings is 1. The van der Waals surface area contributed by atoms with Crippen LogP contribution in [0.25, 0.3) is 0 Å². The fourth-order valence-electron chi connectivity index (χ4n) is 1.30. The Morgan fingerprint density at radius 2 is 2.23 bits per heavy atom. The highest BCUT2D eigenvalue weighted by molar-refractivity contribution is 7.09. The molecule has 0 saturated carbocycles. The molecule has 0 atom stereocenters. The van der Waals surface area contributed by atoms with Crippen molar-refractivity contribution in [1.82, 2.24) is 10.3 Å². The number of nitrogens with one attached hydrogen (secondary N) is 1. The lowest BCUT2D eigenvalue weighted by Gasteiger charge is -2.20. The van der Waals surface area contributed by atoms with Crippen LogP contribution in [0.1, 0.15) is 31.5 Å². The topological polar surface area (TPSA) is 24.9 Å². The molecule has 13 heavy (non-hydrogen) atoms. The molecule has 0 amide bonds. The molecule has 1 rings (SSSR count). The molecule has 0 radical (unpaired) electrons. The molecule has 2 nitrogen and oxygen atoms in total. The maximum absolute atomic E-state index is 4.60. The zero-order valence-corrected chi connectivity index (χ0v) is 9.66. The maximum atomic E-state index is 4.60. The minimum atomic E-state index is 0.160. The van der Waals surface area contributed by atoms with E-state index < -0.39 is 0 Å². The van der Waals surface area contributed by atoms with Crippen molar-refractivity contribution in [3.05, 3.63) is 16.1 Å². The third kappa shape index (κ3) is 2.51. The van der Waals surface area contributed by atoms with Crippen LogP contribution in [0, 0.1) is 0 Å². The summed E-state index contributed by atoms with van der Waals surface area (Å²) in [7, 11) is 1.98. The van der Waals surface area contributed by atoms with Gasteiger partial charge >= 0.3 is 0 Å². The van der Waals surface area contributed by atoms with Crippen LogP contribution in [0.3, 0.4) is 0 Å². The molecule has 0 saturated heterocycles. The fourth-order valence-corrected chi connectivity index (χ4v) is 2.33. The van der Waals surface area contributed by atoms with E-state index in [1.54, 1.807) is 11.3 Å². The molecule has 1 heterocycles. The monoisotopic (exact) mass is 198 g/mol. The molecular formula is C10H18N2S. The molecule has 0 spiro atoms. The Morgan fingerprint density at radius 1 is 1.54 bits per heavy atom. The summed E-state index contributed by atoms with van der Waals surface area (Å²) in [5.41, 5.74) is 1.37. The highest BCUT2D eigenvalue weighted by Crippen LogP contribution is 2.25. The van der Waals surface area contributed by atoms with Gasteiger partial charge in [-0.05, 0) is 13.5 Å². The van der Waals surface area contributed by atoms with Crippen LogP contribution < -0.4 is 5.32 Å². The molecule has 1 N–H and O–H groups in total. The second-order valence-corrected chi connectivity index (χ2v) is 4.77. The van der Waals surface area contributed by atoms with E-state index in [-0.39, 0.29) is 5.41 Å². The van der Waals surface area contributed by atoms with Gasteiger partial charge in [-0.3, -0.25) is 0 Å². The molecule has 0 fully saturated rings. The summed E-state index contributed by atoms with van der Waals surface area (Å²) in [6.07, 6.45) is 1.03. The van der Waals surface area contributed by atoms with E-state index in [2.05, 4.69) is 36.5 Å². The van der Waals surface area contributed by atoms with Crippen molar-refractivity contribution in [2.45, 2.75) is 32.6 Å². The Hall–Kier alpha value is -0.410. The lowest BCUT2D eigenvalue weighted by atomic mass is 9.94. The first-order valence-corrected chi connectivity index (χ1v) is 5.57. The first kappa shape index (κ1) is 10.7. The molecule has 3 heteroatoms. The maximum Gasteiger partial charge on any atom is 0.0997 e. The third-order valence-electron chi connectivity index (χ3n) is 2.11. The van der Waals surface area contributed by atoms with Gasteiger partial charge in [-0.2, -0.15) is 0 Å². The average Bonchev–Trinajstić information content (AvgIpc) is 2.52. The minimum absolute atomic E-state index is 0.160. The molecular weight excluding hydrogens is 180 g/mol. The quantitative estimate of drug-likeness (QED) is 0.802. The van der Waals surface area contributed by atoms with E-state index in [0.29, 0.717) is 0 Å². The number of likely N-dealkylation sites (N-methyl/N-ethyl adjacent to an activating group) is 1. The number of nitrogens with zero attached hydrogens (tertiary/aromatic N) is 1. The Balaban J connectivity index is 2.80. The molecule has 0 unspecified atom stereocenters. The van der Waals surface area contributed by atoms with Crippen molar-refractivity contribution in [2.24, 2.45) is 0 Å². The SMILES string of the molecule is CCc1csc(C(C)(C)CNC)n1. The number of aryl methyl sites for hydroxylation is 1. The van der Waals surface area contributed by atoms with Gasteiger partial charge in [0.2, 0.25) is 0 Å². The lowest BCUT2D eigenvalue weighted by molar-refractivity contribution is 0.490. The first-order valence-electron chi connectivity index (χ1n) is 4.69. The number of aromatic nitrogens is 1. The van der Waals surface area contributed by atoms with E-state index >= 15 is 0 Å². The van der Waals surface area contributed by atoms with Gasteiger partial charge in [-0.1, -0.05) is 20.8 Å². The predicted molar refractivity (Wildman–Crippen MR) is 58.4 cm³/mol. The van der Waals surface area contributed by atoms with Gasteiger partial charge in [-0.25, -0.2) is 4.98 Å². The molecule has 0 aliphatic rings. The van der Waals surface area contributed by atoms with E-state index in [9.17, 15) is 0 Å². The summed E-state index contributed by atoms with van der Waals surface area (Å²) >= 11 is 1.77. The lowest BCUT2D eigenvalue weighted by Crippen LogP contribution is -2.30. The van der Waals surface area contributed by atoms with Crippen LogP contribution in [-0.2, 0) is 11.8 Å². The standard InChI is InChI=1S/C10H18N2S/c1-5-8-6-13-9(12-8)10(2,3)7-11-4/h6,11H,5,7H2,1-4H3. The normalized spacial score (nSPS) is 12.0. The van der Waals surface area contributed by atoms with E-state index in [4.69, 9.17) is 0 Å². The Labute approximate surface area is 84.4 Å². The zero-order chi connectivity index (χ0) is 9.90. The van der Waals surface area contributed by atoms with E-state index in [0.717, 1.165) is 13.0 Å². The number of rotatable bonds is 4. The van der Waals surface area contributed by atoms with Crippen molar-refractivity contribution < 1.29 is 0 Å². The molecule has 0 aromatic carbocycles. The van der Waals surface area contributed by atoms with Gasteiger partial charge < -0.3 is 5.32 Å². The van der Waals surface area contributed by atoms with Crippen molar-refractivity contribution in [2.75, 3.05) is 13.6 Å². The number of hydrogen-bond acceptors (Lipinski definition) is 3. The van der Waals surface area contributed by atoms with Crippen LogP contribution >= 0.6 is 11.3 Å². The Morgan fingerprint density at radius 3 is 2.69 bits per heavy atom. The molecule has 0 aliphatic carbocycles. The van der Waals surface area contributed by atoms with Crippen molar-refractivity contribution in [3.63, 3.8) is 0 Å². The van der Waals surface area contributed by atoms with Crippen LogP contribution in [0.5, 0.6) is 0 Å². The van der Waals surface area contributed by atoms with Crippen LogP contribution in [0.15, 0.2) is 5.38 Å². The van der Waals surface area contributed by atoms with E-state index in [1.165, 1.54) is 10.7 Å². The van der Waals surface area contributed by atoms with Gasteiger partial charge in [0.1, 0.15) is 0 Å². The Bertz CT molecular complexity index is 266. The highest BCUT2D eigenvalue weighted by Gasteiger charge is 2.22. The van der Waals surface area contributed by atoms with Crippen molar-refractivity contribution in [1.29, 1.82) is 0 Å². The zero-order valence-electron chi connectivity index (χ0n) is 8.85. The summed E-state index contributed by atoms with van der Waals surface area (Å²) in [5, 5.41) is 6.59. The molecule has 1 aromatic rings. The summed E-state index contributed by atoms with van der Waals surface area (Å²) < 4.78 is 0. The number of hydrogen-bond donors (Lipinski definition) is 1. The summed E-state index contributed by atoms with van der Waals surface area (Å²) in [4.78, 5) is 4.60. The third-order valence-corrected chi connectivity index (χ3v) is 3.37. The summed E-state index contributed by atoms with van der Waals surface area (Å²) in [5.74, 6) is 0. The van der Waals surface area contributed by atoms with Crippen LogP contribution in [-0.4, -0.2) is 18.6 Å². The Kier molecular flexibility index (Phi) is 3.45. The van der Waals surface area contributed by atoms with Crippen LogP contribution in [0.2, 0.25) is 0 Å². The van der Waals surface area contributed by atoms with Gasteiger partial charge in [-0.15, -0.1) is 11.3 Å². The van der Waals surface area contributed by atoms with Crippen molar-refractivity contribution in [3.8, 4) is 0 Å². The van der Waals surface area contributed by atoms with Gasteiger partial charge in [0, 0.05) is 17.3 Å². The second kappa shape index (κ2) is 4.20. The molecule has 74 valence electrons. The average molecular weight is 198 g/mol. The summed E-state index contributed by atoms with van der Waals surface area (Å²) in [6, 6.07) is 0. The molecule has 1 aromatic heterocycles. The van der Waals surface area contributed by atoms with Crippen LogP contribution in [0.4, 0.5) is 0 Å². The van der Waals surface area contributed by atoms with E-state index in [1.807, 2.05) is 7.05 Å². The van der Waals surface area contributed by atoms with Crippen molar-refractivity contribution >= 4 is 11.3 Å². The highest BCUT2D eigenvalue weighted by atomic mass is 32.1. The largest absolute Gasteiger partial charge is 0.319 e. The molecule has 0 aliphatic heterocycles. The van der Waals surface area contributed by atoms with Gasteiger partial charge in [0.05, 0.1) is 10.7 Å². The minimum Gasteiger partial charge on any atom is -0.319 e.